The van der Waals surface area contributed by atoms with Crippen LogP contribution in [0.2, 0.25) is 0 Å². The first-order valence-corrected chi connectivity index (χ1v) is 21.6. The summed E-state index contributed by atoms with van der Waals surface area (Å²) in [5.74, 6) is -7.45. The smallest absolute Gasteiger partial charge is 0.330 e. The van der Waals surface area contributed by atoms with Gasteiger partial charge < -0.3 is 34.6 Å². The highest BCUT2D eigenvalue weighted by Crippen LogP contribution is 2.49. The number of hydrogen-bond donors (Lipinski definition) is 4. The predicted molar refractivity (Wildman–Crippen MR) is 222 cm³/mol. The summed E-state index contributed by atoms with van der Waals surface area (Å²) in [4.78, 5) is 43.6. The summed E-state index contributed by atoms with van der Waals surface area (Å²) in [6, 6.07) is -0.276. The van der Waals surface area contributed by atoms with Gasteiger partial charge in [0.05, 0.1) is 30.5 Å². The first-order chi connectivity index (χ1) is 27.1. The number of aliphatic hydroxyl groups excluding tert-OH is 3. The van der Waals surface area contributed by atoms with Crippen LogP contribution in [0.5, 0.6) is 0 Å². The van der Waals surface area contributed by atoms with E-state index < -0.39 is 82.9 Å². The third-order valence-electron chi connectivity index (χ3n) is 13.7. The molecule has 3 aliphatic rings. The molecule has 3 heterocycles. The van der Waals surface area contributed by atoms with Crippen molar-refractivity contribution in [2.75, 3.05) is 0 Å². The van der Waals surface area contributed by atoms with Crippen LogP contribution in [0.4, 0.5) is 0 Å². The minimum atomic E-state index is -2.19. The van der Waals surface area contributed by atoms with Crippen LogP contribution in [0.1, 0.15) is 121 Å². The number of Topliss-reactive ketones (excluding diaryl/α,β-unsaturated/α-hetero) is 2. The minimum absolute atomic E-state index is 0.186. The molecule has 0 aromatic carbocycles. The Bertz CT molecular complexity index is 1530. The third-order valence-corrected chi connectivity index (χ3v) is 13.7. The van der Waals surface area contributed by atoms with E-state index in [1.165, 1.54) is 39.8 Å². The van der Waals surface area contributed by atoms with E-state index in [-0.39, 0.29) is 41.9 Å². The highest BCUT2D eigenvalue weighted by Gasteiger charge is 2.56. The molecule has 0 unspecified atom stereocenters. The number of allylic oxidation sites excluding steroid dienone is 4. The average Bonchev–Trinajstić information content (AvgIpc) is 3.19. The van der Waals surface area contributed by atoms with Crippen LogP contribution >= 0.6 is 0 Å². The maximum absolute atomic E-state index is 13.6. The molecule has 18 atom stereocenters. The van der Waals surface area contributed by atoms with Gasteiger partial charge in [-0.05, 0) is 68.7 Å². The molecule has 2 fully saturated rings. The van der Waals surface area contributed by atoms with E-state index in [1.807, 2.05) is 39.0 Å². The number of aliphatic hydroxyl groups is 4. The average molecular weight is 816 g/mol. The Labute approximate surface area is 346 Å². The molecule has 2 saturated heterocycles. The number of esters is 1. The van der Waals surface area contributed by atoms with Gasteiger partial charge in [0, 0.05) is 59.0 Å². The molecule has 58 heavy (non-hydrogen) atoms. The highest BCUT2D eigenvalue weighted by molar-refractivity contribution is 5.91. The summed E-state index contributed by atoms with van der Waals surface area (Å²) in [7, 11) is 0. The standard InChI is InChI=1S/C45H73N3O10/c1-12-34-17-15-13-14-16-27(4)42(53)44(11,55)43(54)32(9)40(52)31(8)39(51)30(7)38(50)26(3)18-21-37(49)56-41-29(6)35(20-19-34)57-45(33(41)10)23-22-25(2)36(58-45)24-28(5)47-48-46/h13-15,17-18,21,25-36,38,40-42,50,52-53,55H,12,16,19-20,22-24H2,1-11H3/b14-13+,17-15+,21-18+/t25-,26-,27+,28+,29+,30-,31-,32-,33-,34-,35-,36-,38+,40+,41+,42-,44+,45-/m1/s1. The molecule has 0 aromatic heterocycles. The molecular weight excluding hydrogens is 743 g/mol. The molecule has 3 aliphatic heterocycles. The van der Waals surface area contributed by atoms with Crippen LogP contribution in [-0.2, 0) is 28.6 Å². The highest BCUT2D eigenvalue weighted by atomic mass is 16.7. The van der Waals surface area contributed by atoms with E-state index in [0.717, 1.165) is 19.3 Å². The summed E-state index contributed by atoms with van der Waals surface area (Å²) >= 11 is 0. The molecule has 0 amide bonds. The van der Waals surface area contributed by atoms with E-state index in [0.29, 0.717) is 25.7 Å². The van der Waals surface area contributed by atoms with Gasteiger partial charge in [0.2, 0.25) is 0 Å². The lowest BCUT2D eigenvalue weighted by molar-refractivity contribution is -0.370. The second-order valence-electron chi connectivity index (χ2n) is 18.2. The number of rotatable bonds is 4. The summed E-state index contributed by atoms with van der Waals surface area (Å²) in [6.45, 7) is 19.2. The summed E-state index contributed by atoms with van der Waals surface area (Å²) in [5.41, 5.74) is 6.87. The van der Waals surface area contributed by atoms with Gasteiger partial charge in [-0.2, -0.15) is 0 Å². The molecule has 0 saturated carbocycles. The van der Waals surface area contributed by atoms with E-state index in [2.05, 4.69) is 29.9 Å². The number of ether oxygens (including phenoxy) is 3. The maximum Gasteiger partial charge on any atom is 0.330 e. The molecule has 13 heteroatoms. The first-order valence-electron chi connectivity index (χ1n) is 21.6. The fourth-order valence-electron chi connectivity index (χ4n) is 9.15. The second kappa shape index (κ2) is 21.6. The number of carbonyl (C=O) groups is 3. The lowest BCUT2D eigenvalue weighted by atomic mass is 9.74. The van der Waals surface area contributed by atoms with Gasteiger partial charge in [0.1, 0.15) is 17.5 Å². The lowest BCUT2D eigenvalue weighted by Gasteiger charge is -2.55. The zero-order valence-electron chi connectivity index (χ0n) is 36.7. The van der Waals surface area contributed by atoms with Gasteiger partial charge in [0.15, 0.2) is 11.6 Å². The molecule has 1 spiro atoms. The van der Waals surface area contributed by atoms with Crippen molar-refractivity contribution in [3.05, 3.63) is 46.9 Å². The van der Waals surface area contributed by atoms with Gasteiger partial charge in [0.25, 0.3) is 0 Å². The molecule has 13 nitrogen and oxygen atoms in total. The first kappa shape index (κ1) is 49.5. The van der Waals surface area contributed by atoms with Crippen molar-refractivity contribution in [3.8, 4) is 0 Å². The fourth-order valence-corrected chi connectivity index (χ4v) is 9.15. The van der Waals surface area contributed by atoms with Gasteiger partial charge in [-0.3, -0.25) is 9.59 Å². The Kier molecular flexibility index (Phi) is 18.4. The van der Waals surface area contributed by atoms with Crippen molar-refractivity contribution in [1.82, 2.24) is 0 Å². The van der Waals surface area contributed by atoms with Crippen LogP contribution in [0.3, 0.4) is 0 Å². The number of carbonyl (C=O) groups excluding carboxylic acids is 3. The van der Waals surface area contributed by atoms with Crippen LogP contribution in [0.25, 0.3) is 10.4 Å². The zero-order valence-corrected chi connectivity index (χ0v) is 36.7. The third kappa shape index (κ3) is 11.9. The molecule has 0 aliphatic carbocycles. The van der Waals surface area contributed by atoms with Gasteiger partial charge in [-0.15, -0.1) is 0 Å². The Hall–Kier alpha value is -2.90. The topological polar surface area (TPSA) is 209 Å². The molecule has 3 rings (SSSR count). The van der Waals surface area contributed by atoms with Crippen molar-refractivity contribution in [1.29, 1.82) is 0 Å². The Morgan fingerprint density at radius 2 is 1.55 bits per heavy atom. The lowest BCUT2D eigenvalue weighted by Crippen LogP contribution is -2.62. The van der Waals surface area contributed by atoms with Crippen LogP contribution in [0, 0.1) is 53.3 Å². The van der Waals surface area contributed by atoms with Crippen LogP contribution in [0.15, 0.2) is 41.6 Å². The van der Waals surface area contributed by atoms with Gasteiger partial charge in [-0.25, -0.2) is 4.79 Å². The van der Waals surface area contributed by atoms with Crippen molar-refractivity contribution in [2.45, 2.75) is 175 Å². The molecular formula is C45H73N3O10. The van der Waals surface area contributed by atoms with Crippen LogP contribution < -0.4 is 0 Å². The van der Waals surface area contributed by atoms with Crippen molar-refractivity contribution < 1.29 is 49.0 Å². The van der Waals surface area contributed by atoms with E-state index in [4.69, 9.17) is 19.7 Å². The Balaban J connectivity index is 2.00. The monoisotopic (exact) mass is 816 g/mol. The number of nitrogens with zero attached hydrogens (tertiary/aromatic N) is 3. The number of fused-ring (bicyclic) bond motifs is 2. The predicted octanol–water partition coefficient (Wildman–Crippen LogP) is 7.20. The van der Waals surface area contributed by atoms with Gasteiger partial charge >= 0.3 is 5.97 Å². The minimum Gasteiger partial charge on any atom is -0.458 e. The number of azide groups is 1. The van der Waals surface area contributed by atoms with E-state index in [1.54, 1.807) is 13.8 Å². The molecule has 4 N–H and O–H groups in total. The zero-order chi connectivity index (χ0) is 43.7. The molecule has 328 valence electrons. The Morgan fingerprint density at radius 3 is 2.19 bits per heavy atom. The van der Waals surface area contributed by atoms with Crippen molar-refractivity contribution in [2.24, 2.45) is 58.4 Å². The quantitative estimate of drug-likeness (QED) is 0.0971. The summed E-state index contributed by atoms with van der Waals surface area (Å²) < 4.78 is 20.1. The summed E-state index contributed by atoms with van der Waals surface area (Å²) in [5, 5.41) is 48.7. The fraction of sp³-hybridized carbons (Fsp3) is 0.800. The maximum atomic E-state index is 13.6. The Morgan fingerprint density at radius 1 is 0.897 bits per heavy atom. The molecule has 2 bridgehead atoms. The second-order valence-corrected chi connectivity index (χ2v) is 18.2. The SMILES string of the molecule is CC[C@@H]1/C=C/C=C/C[C@H](C)[C@@H](O)[C@](C)(O)C(=O)[C@H](C)[C@@H](O)[C@H](C)C(=O)[C@H](C)[C@@H](O)[C@H](C)/C=C/C(=O)O[C@H]2[C@@H](C)[C@@H](CC1)O[C@@]1(CC[C@@H](C)[C@@H](C[C@H](C)N=[N+]=[N-])O1)[C@@H]2C. The van der Waals surface area contributed by atoms with Crippen LogP contribution in [-0.4, -0.2) is 92.0 Å². The number of ketones is 2. The molecule has 0 aromatic rings. The summed E-state index contributed by atoms with van der Waals surface area (Å²) in [6.07, 6.45) is 10.0. The number of hydrogen-bond acceptors (Lipinski definition) is 11. The van der Waals surface area contributed by atoms with Crippen molar-refractivity contribution >= 4 is 17.5 Å². The van der Waals surface area contributed by atoms with Gasteiger partial charge in [-0.1, -0.05) is 105 Å². The largest absolute Gasteiger partial charge is 0.458 e. The van der Waals surface area contributed by atoms with E-state index >= 15 is 0 Å². The normalized spacial score (nSPS) is 45.4. The van der Waals surface area contributed by atoms with E-state index in [9.17, 15) is 34.8 Å². The molecule has 0 radical (unpaired) electrons. The van der Waals surface area contributed by atoms with Crippen molar-refractivity contribution in [3.63, 3.8) is 0 Å².